The molecule has 39 heavy (non-hydrogen) atoms. The molecule has 1 aliphatic rings. The molecule has 6 nitrogen and oxygen atoms in total. The lowest BCUT2D eigenvalue weighted by molar-refractivity contribution is 0.104. The first-order valence-electron chi connectivity index (χ1n) is 13.6. The molecule has 0 radical (unpaired) electrons. The number of allylic oxidation sites excluding steroid dienone is 1. The van der Waals surface area contributed by atoms with E-state index in [1.54, 1.807) is 12.1 Å². The van der Waals surface area contributed by atoms with Crippen LogP contribution in [0.25, 0.3) is 17.2 Å². The van der Waals surface area contributed by atoms with E-state index in [1.807, 2.05) is 50.5 Å². The minimum atomic E-state index is -0.116. The number of likely N-dealkylation sites (N-methyl/N-ethyl adjacent to an activating group) is 2. The van der Waals surface area contributed by atoms with Gasteiger partial charge in [-0.15, -0.1) is 0 Å². The van der Waals surface area contributed by atoms with Gasteiger partial charge in [0.15, 0.2) is 5.78 Å². The van der Waals surface area contributed by atoms with E-state index in [0.717, 1.165) is 55.0 Å². The quantitative estimate of drug-likeness (QED) is 0.287. The Morgan fingerprint density at radius 1 is 0.949 bits per heavy atom. The first-order valence-corrected chi connectivity index (χ1v) is 13.6. The van der Waals surface area contributed by atoms with Crippen LogP contribution < -0.4 is 4.74 Å². The summed E-state index contributed by atoms with van der Waals surface area (Å²) in [5.74, 6) is 0.756. The van der Waals surface area contributed by atoms with Gasteiger partial charge in [-0.3, -0.25) is 9.69 Å². The van der Waals surface area contributed by atoms with E-state index in [1.165, 1.54) is 11.1 Å². The fourth-order valence-corrected chi connectivity index (χ4v) is 4.85. The Labute approximate surface area is 233 Å². The maximum atomic E-state index is 13.5. The topological polar surface area (TPSA) is 56.2 Å². The molecule has 0 bridgehead atoms. The number of phenols is 1. The van der Waals surface area contributed by atoms with Crippen LogP contribution in [0.4, 0.5) is 0 Å². The van der Waals surface area contributed by atoms with E-state index < -0.39 is 0 Å². The van der Waals surface area contributed by atoms with Crippen molar-refractivity contribution in [1.29, 1.82) is 0 Å². The second-order valence-electron chi connectivity index (χ2n) is 10.9. The van der Waals surface area contributed by atoms with E-state index in [2.05, 4.69) is 53.8 Å². The van der Waals surface area contributed by atoms with E-state index in [0.29, 0.717) is 24.5 Å². The van der Waals surface area contributed by atoms with Crippen LogP contribution in [0.5, 0.6) is 11.5 Å². The third-order valence-electron chi connectivity index (χ3n) is 7.12. The van der Waals surface area contributed by atoms with Crippen LogP contribution in [0.15, 0.2) is 60.7 Å². The number of ether oxygens (including phenoxy) is 1. The highest BCUT2D eigenvalue weighted by molar-refractivity contribution is 6.09. The Bertz CT molecular complexity index is 1300. The molecule has 0 saturated carbocycles. The van der Waals surface area contributed by atoms with Gasteiger partial charge >= 0.3 is 0 Å². The lowest BCUT2D eigenvalue weighted by Crippen LogP contribution is -2.43. The highest BCUT2D eigenvalue weighted by Crippen LogP contribution is 2.29. The number of carbonyl (C=O) groups excluding carboxylic acids is 1. The van der Waals surface area contributed by atoms with E-state index >= 15 is 0 Å². The minimum Gasteiger partial charge on any atom is -0.508 e. The Morgan fingerprint density at radius 2 is 1.67 bits per heavy atom. The average Bonchev–Trinajstić information content (AvgIpc) is 2.89. The standard InChI is InChI=1S/C33H41N3O3/c1-24-18-25(2)20-28(19-24)27-8-11-33(39-17-16-34(3)4)30(22-27)32(38)10-7-26-6-9-31(37)29(21-26)23-36-14-12-35(5)13-15-36/h6-11,18-22,37H,12-17,23H2,1-5H3. The summed E-state index contributed by atoms with van der Waals surface area (Å²) in [7, 11) is 6.13. The number of phenolic OH excluding ortho intramolecular Hbond substituents is 1. The number of hydrogen-bond donors (Lipinski definition) is 1. The van der Waals surface area contributed by atoms with Crippen molar-refractivity contribution in [2.24, 2.45) is 0 Å². The van der Waals surface area contributed by atoms with Gasteiger partial charge in [-0.2, -0.15) is 0 Å². The largest absolute Gasteiger partial charge is 0.508 e. The molecule has 0 aliphatic carbocycles. The number of aromatic hydroxyl groups is 1. The second-order valence-corrected chi connectivity index (χ2v) is 10.9. The second kappa shape index (κ2) is 13.1. The summed E-state index contributed by atoms with van der Waals surface area (Å²) < 4.78 is 6.05. The zero-order valence-electron chi connectivity index (χ0n) is 23.9. The summed E-state index contributed by atoms with van der Waals surface area (Å²) in [5, 5.41) is 10.5. The molecule has 3 aromatic carbocycles. The minimum absolute atomic E-state index is 0.116. The van der Waals surface area contributed by atoms with Gasteiger partial charge in [0.2, 0.25) is 0 Å². The van der Waals surface area contributed by atoms with Crippen LogP contribution in [-0.4, -0.2) is 86.1 Å². The molecule has 0 aromatic heterocycles. The van der Waals surface area contributed by atoms with Gasteiger partial charge in [0.25, 0.3) is 0 Å². The molecular formula is C33H41N3O3. The smallest absolute Gasteiger partial charge is 0.189 e. The number of hydrogen-bond acceptors (Lipinski definition) is 6. The fraction of sp³-hybridized carbons (Fsp3) is 0.364. The number of carbonyl (C=O) groups is 1. The molecule has 1 aliphatic heterocycles. The highest BCUT2D eigenvalue weighted by Gasteiger charge is 2.16. The predicted octanol–water partition coefficient (Wildman–Crippen LogP) is 5.26. The normalized spacial score (nSPS) is 14.8. The van der Waals surface area contributed by atoms with Crippen molar-refractivity contribution >= 4 is 11.9 Å². The Balaban J connectivity index is 1.57. The lowest BCUT2D eigenvalue weighted by atomic mass is 9.97. The molecule has 1 saturated heterocycles. The van der Waals surface area contributed by atoms with Crippen LogP contribution in [0.3, 0.4) is 0 Å². The number of aryl methyl sites for hydroxylation is 2. The Morgan fingerprint density at radius 3 is 2.36 bits per heavy atom. The monoisotopic (exact) mass is 527 g/mol. The van der Waals surface area contributed by atoms with E-state index in [9.17, 15) is 9.90 Å². The van der Waals surface area contributed by atoms with Gasteiger partial charge in [0.1, 0.15) is 18.1 Å². The highest BCUT2D eigenvalue weighted by atomic mass is 16.5. The van der Waals surface area contributed by atoms with Gasteiger partial charge < -0.3 is 19.6 Å². The lowest BCUT2D eigenvalue weighted by Gasteiger charge is -2.32. The molecule has 3 aromatic rings. The molecule has 0 spiro atoms. The molecule has 0 atom stereocenters. The molecule has 1 N–H and O–H groups in total. The summed E-state index contributed by atoms with van der Waals surface area (Å²) in [6.07, 6.45) is 3.42. The Hall–Kier alpha value is -3.45. The SMILES string of the molecule is Cc1cc(C)cc(-c2ccc(OCCN(C)C)c(C(=O)C=Cc3ccc(O)c(CN4CCN(C)CC4)c3)c2)c1. The van der Waals surface area contributed by atoms with Gasteiger partial charge in [-0.05, 0) is 82.0 Å². The molecule has 0 amide bonds. The Kier molecular flexibility index (Phi) is 9.57. The first-order chi connectivity index (χ1) is 18.7. The van der Waals surface area contributed by atoms with Crippen molar-refractivity contribution in [3.8, 4) is 22.6 Å². The summed E-state index contributed by atoms with van der Waals surface area (Å²) in [6, 6.07) is 17.8. The maximum absolute atomic E-state index is 13.5. The zero-order valence-corrected chi connectivity index (χ0v) is 23.9. The van der Waals surface area contributed by atoms with Gasteiger partial charge in [0, 0.05) is 44.8 Å². The van der Waals surface area contributed by atoms with Gasteiger partial charge in [-0.1, -0.05) is 47.5 Å². The number of ketones is 1. The summed E-state index contributed by atoms with van der Waals surface area (Å²) in [4.78, 5) is 20.2. The third-order valence-corrected chi connectivity index (χ3v) is 7.12. The fourth-order valence-electron chi connectivity index (χ4n) is 4.85. The number of rotatable bonds is 10. The van der Waals surface area contributed by atoms with E-state index in [-0.39, 0.29) is 11.5 Å². The first kappa shape index (κ1) is 28.6. The summed E-state index contributed by atoms with van der Waals surface area (Å²) in [6.45, 7) is 10.1. The van der Waals surface area contributed by atoms with Crippen LogP contribution in [-0.2, 0) is 6.54 Å². The molecule has 1 heterocycles. The maximum Gasteiger partial charge on any atom is 0.189 e. The molecular weight excluding hydrogens is 486 g/mol. The van der Waals surface area contributed by atoms with Gasteiger partial charge in [0.05, 0.1) is 5.56 Å². The molecule has 6 heteroatoms. The molecule has 1 fully saturated rings. The van der Waals surface area contributed by atoms with Crippen LogP contribution in [0.2, 0.25) is 0 Å². The van der Waals surface area contributed by atoms with Gasteiger partial charge in [-0.25, -0.2) is 0 Å². The third kappa shape index (κ3) is 8.02. The summed E-state index contributed by atoms with van der Waals surface area (Å²) in [5.41, 5.74) is 6.73. The molecule has 4 rings (SSSR count). The van der Waals surface area contributed by atoms with Crippen LogP contribution >= 0.6 is 0 Å². The summed E-state index contributed by atoms with van der Waals surface area (Å²) >= 11 is 0. The van der Waals surface area contributed by atoms with Crippen molar-refractivity contribution in [1.82, 2.24) is 14.7 Å². The van der Waals surface area contributed by atoms with Crippen molar-refractivity contribution in [3.05, 3.63) is 88.5 Å². The molecule has 206 valence electrons. The van der Waals surface area contributed by atoms with Crippen molar-refractivity contribution in [2.75, 3.05) is 60.5 Å². The molecule has 0 unspecified atom stereocenters. The van der Waals surface area contributed by atoms with Crippen LogP contribution in [0, 0.1) is 13.8 Å². The van der Waals surface area contributed by atoms with Crippen LogP contribution in [0.1, 0.15) is 32.6 Å². The zero-order chi connectivity index (χ0) is 27.9. The number of piperazine rings is 1. The number of benzene rings is 3. The van der Waals surface area contributed by atoms with Crippen molar-refractivity contribution in [3.63, 3.8) is 0 Å². The van der Waals surface area contributed by atoms with Crippen molar-refractivity contribution < 1.29 is 14.6 Å². The number of nitrogens with zero attached hydrogens (tertiary/aromatic N) is 3. The van der Waals surface area contributed by atoms with Crippen molar-refractivity contribution in [2.45, 2.75) is 20.4 Å². The average molecular weight is 528 g/mol. The predicted molar refractivity (Wildman–Crippen MR) is 160 cm³/mol. The van der Waals surface area contributed by atoms with E-state index in [4.69, 9.17) is 4.74 Å².